The van der Waals surface area contributed by atoms with Crippen LogP contribution < -0.4 is 10.1 Å². The largest absolute Gasteiger partial charge is 0.490 e. The monoisotopic (exact) mass is 471 g/mol. The molecule has 0 bridgehead atoms. The molecule has 3 aromatic rings. The van der Waals surface area contributed by atoms with Gasteiger partial charge < -0.3 is 19.7 Å². The first-order valence-electron chi connectivity index (χ1n) is 11.7. The van der Waals surface area contributed by atoms with Crippen LogP contribution in [0.15, 0.2) is 60.7 Å². The van der Waals surface area contributed by atoms with E-state index in [9.17, 15) is 9.59 Å². The second-order valence-electron chi connectivity index (χ2n) is 9.65. The Balaban J connectivity index is 1.31. The van der Waals surface area contributed by atoms with E-state index in [-0.39, 0.29) is 18.1 Å². The van der Waals surface area contributed by atoms with Gasteiger partial charge in [-0.3, -0.25) is 4.79 Å². The second-order valence-corrected chi connectivity index (χ2v) is 9.65. The molecule has 1 aliphatic rings. The molecule has 4 rings (SSSR count). The third kappa shape index (κ3) is 6.30. The zero-order valence-corrected chi connectivity index (χ0v) is 20.2. The number of rotatable bonds is 4. The number of nitriles is 1. The van der Waals surface area contributed by atoms with E-state index in [0.29, 0.717) is 35.7 Å². The van der Waals surface area contributed by atoms with E-state index in [1.54, 1.807) is 41.3 Å². The summed E-state index contributed by atoms with van der Waals surface area (Å²) in [5.41, 5.74) is 1.23. The quantitative estimate of drug-likeness (QED) is 0.524. The molecule has 180 valence electrons. The lowest BCUT2D eigenvalue weighted by Crippen LogP contribution is -2.44. The predicted molar refractivity (Wildman–Crippen MR) is 135 cm³/mol. The van der Waals surface area contributed by atoms with E-state index in [1.807, 2.05) is 45.0 Å². The first-order chi connectivity index (χ1) is 16.7. The first-order valence-corrected chi connectivity index (χ1v) is 11.7. The number of ether oxygens (including phenoxy) is 2. The number of likely N-dealkylation sites (tertiary alicyclic amines) is 1. The minimum Gasteiger partial charge on any atom is -0.490 e. The molecule has 1 N–H and O–H groups in total. The van der Waals surface area contributed by atoms with Gasteiger partial charge in [-0.05, 0) is 80.1 Å². The Bertz CT molecular complexity index is 1260. The maximum Gasteiger partial charge on any atom is 0.410 e. The summed E-state index contributed by atoms with van der Waals surface area (Å²) in [7, 11) is 0. The van der Waals surface area contributed by atoms with Crippen molar-refractivity contribution >= 4 is 28.5 Å². The lowest BCUT2D eigenvalue weighted by molar-refractivity contribution is 0.0126. The molecule has 0 aromatic heterocycles. The standard InChI is InChI=1S/C28H29N3O4/c1-28(2,3)35-27(33)31-14-12-25(13-15-31)34-24-10-8-23(9-11-24)30-26(32)21-7-6-20-5-4-19(18-29)16-22(20)17-21/h4-11,16-17,25H,12-15H2,1-3H3,(H,30,32). The zero-order valence-electron chi connectivity index (χ0n) is 20.2. The molecule has 1 fully saturated rings. The Morgan fingerprint density at radius 1 is 0.971 bits per heavy atom. The van der Waals surface area contributed by atoms with Gasteiger partial charge >= 0.3 is 6.09 Å². The molecule has 1 aliphatic heterocycles. The van der Waals surface area contributed by atoms with Crippen LogP contribution >= 0.6 is 0 Å². The van der Waals surface area contributed by atoms with Crippen molar-refractivity contribution in [3.63, 3.8) is 0 Å². The van der Waals surface area contributed by atoms with Crippen molar-refractivity contribution in [1.82, 2.24) is 4.90 Å². The molecule has 0 unspecified atom stereocenters. The van der Waals surface area contributed by atoms with E-state index in [2.05, 4.69) is 11.4 Å². The average molecular weight is 472 g/mol. The maximum atomic E-state index is 12.7. The van der Waals surface area contributed by atoms with Gasteiger partial charge in [0.15, 0.2) is 0 Å². The van der Waals surface area contributed by atoms with Crippen LogP contribution in [0.25, 0.3) is 10.8 Å². The van der Waals surface area contributed by atoms with Gasteiger partial charge in [0.2, 0.25) is 0 Å². The fourth-order valence-electron chi connectivity index (χ4n) is 3.95. The molecule has 2 amide bonds. The van der Waals surface area contributed by atoms with Gasteiger partial charge in [0.1, 0.15) is 17.5 Å². The molecule has 35 heavy (non-hydrogen) atoms. The third-order valence-corrected chi connectivity index (χ3v) is 5.74. The Labute approximate surface area is 205 Å². The lowest BCUT2D eigenvalue weighted by atomic mass is 10.0. The number of carbonyl (C=O) groups excluding carboxylic acids is 2. The molecule has 0 radical (unpaired) electrons. The summed E-state index contributed by atoms with van der Waals surface area (Å²) in [6.07, 6.45) is 1.19. The van der Waals surface area contributed by atoms with Gasteiger partial charge in [-0.2, -0.15) is 5.26 Å². The number of fused-ring (bicyclic) bond motifs is 1. The fourth-order valence-corrected chi connectivity index (χ4v) is 3.95. The smallest absolute Gasteiger partial charge is 0.410 e. The van der Waals surface area contributed by atoms with Gasteiger partial charge in [0, 0.05) is 37.2 Å². The number of nitrogens with one attached hydrogen (secondary N) is 1. The lowest BCUT2D eigenvalue weighted by Gasteiger charge is -2.33. The number of anilines is 1. The zero-order chi connectivity index (χ0) is 25.0. The molecule has 0 saturated carbocycles. The summed E-state index contributed by atoms with van der Waals surface area (Å²) in [4.78, 5) is 26.7. The number of hydrogen-bond acceptors (Lipinski definition) is 5. The van der Waals surface area contributed by atoms with Gasteiger partial charge in [-0.1, -0.05) is 12.1 Å². The molecule has 1 heterocycles. The molecular formula is C28H29N3O4. The third-order valence-electron chi connectivity index (χ3n) is 5.74. The number of hydrogen-bond donors (Lipinski definition) is 1. The highest BCUT2D eigenvalue weighted by atomic mass is 16.6. The van der Waals surface area contributed by atoms with E-state index >= 15 is 0 Å². The van der Waals surface area contributed by atoms with Crippen LogP contribution in [0.3, 0.4) is 0 Å². The number of benzene rings is 3. The normalized spacial score (nSPS) is 14.3. The molecular weight excluding hydrogens is 442 g/mol. The highest BCUT2D eigenvalue weighted by Gasteiger charge is 2.27. The summed E-state index contributed by atoms with van der Waals surface area (Å²) < 4.78 is 11.5. The molecule has 0 spiro atoms. The minimum atomic E-state index is -0.503. The summed E-state index contributed by atoms with van der Waals surface area (Å²) in [6, 6.07) is 20.2. The van der Waals surface area contributed by atoms with Crippen LogP contribution in [-0.2, 0) is 4.74 Å². The van der Waals surface area contributed by atoms with Gasteiger partial charge in [-0.25, -0.2) is 4.79 Å². The van der Waals surface area contributed by atoms with E-state index < -0.39 is 5.60 Å². The van der Waals surface area contributed by atoms with Gasteiger partial charge in [-0.15, -0.1) is 0 Å². The molecule has 7 nitrogen and oxygen atoms in total. The van der Waals surface area contributed by atoms with Crippen molar-refractivity contribution in [3.8, 4) is 11.8 Å². The highest BCUT2D eigenvalue weighted by Crippen LogP contribution is 2.23. The van der Waals surface area contributed by atoms with Crippen molar-refractivity contribution in [2.45, 2.75) is 45.3 Å². The Morgan fingerprint density at radius 2 is 1.66 bits per heavy atom. The van der Waals surface area contributed by atoms with Crippen LogP contribution in [0.5, 0.6) is 5.75 Å². The van der Waals surface area contributed by atoms with Crippen molar-refractivity contribution in [3.05, 3.63) is 71.8 Å². The number of carbonyl (C=O) groups is 2. The van der Waals surface area contributed by atoms with Crippen LogP contribution in [0, 0.1) is 11.3 Å². The van der Waals surface area contributed by atoms with Crippen LogP contribution in [-0.4, -0.2) is 41.7 Å². The van der Waals surface area contributed by atoms with Crippen molar-refractivity contribution in [2.24, 2.45) is 0 Å². The topological polar surface area (TPSA) is 91.7 Å². The average Bonchev–Trinajstić information content (AvgIpc) is 2.84. The summed E-state index contributed by atoms with van der Waals surface area (Å²) >= 11 is 0. The Kier molecular flexibility index (Phi) is 6.92. The number of nitrogens with zero attached hydrogens (tertiary/aromatic N) is 2. The van der Waals surface area contributed by atoms with E-state index in [1.165, 1.54) is 0 Å². The Hall–Kier alpha value is -4.05. The SMILES string of the molecule is CC(C)(C)OC(=O)N1CCC(Oc2ccc(NC(=O)c3ccc4ccc(C#N)cc4c3)cc2)CC1. The van der Waals surface area contributed by atoms with Crippen molar-refractivity contribution in [2.75, 3.05) is 18.4 Å². The minimum absolute atomic E-state index is 0.0185. The first kappa shape index (κ1) is 24.1. The van der Waals surface area contributed by atoms with Crippen molar-refractivity contribution in [1.29, 1.82) is 5.26 Å². The molecule has 0 atom stereocenters. The van der Waals surface area contributed by atoms with E-state index in [4.69, 9.17) is 14.7 Å². The summed E-state index contributed by atoms with van der Waals surface area (Å²) in [6.45, 7) is 6.77. The predicted octanol–water partition coefficient (Wildman–Crippen LogP) is 5.74. The Morgan fingerprint density at radius 3 is 2.31 bits per heavy atom. The van der Waals surface area contributed by atoms with Crippen LogP contribution in [0.1, 0.15) is 49.5 Å². The molecule has 7 heteroatoms. The van der Waals surface area contributed by atoms with Crippen molar-refractivity contribution < 1.29 is 19.1 Å². The van der Waals surface area contributed by atoms with E-state index in [0.717, 1.165) is 23.6 Å². The molecule has 3 aromatic carbocycles. The number of amides is 2. The van der Waals surface area contributed by atoms with Crippen LogP contribution in [0.4, 0.5) is 10.5 Å². The van der Waals surface area contributed by atoms with Gasteiger partial charge in [0.05, 0.1) is 11.6 Å². The molecule has 1 saturated heterocycles. The van der Waals surface area contributed by atoms with Gasteiger partial charge in [0.25, 0.3) is 5.91 Å². The second kappa shape index (κ2) is 10.1. The van der Waals surface area contributed by atoms with Crippen LogP contribution in [0.2, 0.25) is 0 Å². The highest BCUT2D eigenvalue weighted by molar-refractivity contribution is 6.06. The summed E-state index contributed by atoms with van der Waals surface area (Å²) in [5, 5.41) is 13.8. The fraction of sp³-hybridized carbons (Fsp3) is 0.321. The maximum absolute atomic E-state index is 12.7. The summed E-state index contributed by atoms with van der Waals surface area (Å²) in [5.74, 6) is 0.492. The number of piperidine rings is 1. The molecule has 0 aliphatic carbocycles.